The molecular formula is C15H16O9. The lowest BCUT2D eigenvalue weighted by Crippen LogP contribution is -2.47. The van der Waals surface area contributed by atoms with E-state index in [2.05, 4.69) is 0 Å². The third-order valence-corrected chi connectivity index (χ3v) is 3.10. The summed E-state index contributed by atoms with van der Waals surface area (Å²) >= 11 is 0. The Labute approximate surface area is 136 Å². The van der Waals surface area contributed by atoms with Gasteiger partial charge in [-0.2, -0.15) is 0 Å². The smallest absolute Gasteiger partial charge is 0.344 e. The standard InChI is InChI=1S/C15H16O9/c1-23-9-5-8(6-10(24-2)13(9)19)3-4-11(16)15(22,14(20)21)7-12(17)18/h3-6,19,22H,7H2,1-2H3,(H,17,18)(H,20,21)/t15-/m0/s1. The lowest BCUT2D eigenvalue weighted by Gasteiger charge is -2.17. The molecular weight excluding hydrogens is 324 g/mol. The maximum absolute atomic E-state index is 11.9. The largest absolute Gasteiger partial charge is 0.502 e. The van der Waals surface area contributed by atoms with Gasteiger partial charge in [0.2, 0.25) is 11.4 Å². The van der Waals surface area contributed by atoms with E-state index in [1.165, 1.54) is 26.4 Å². The molecule has 0 spiro atoms. The Kier molecular flexibility index (Phi) is 5.90. The molecule has 130 valence electrons. The summed E-state index contributed by atoms with van der Waals surface area (Å²) in [5.74, 6) is -5.11. The summed E-state index contributed by atoms with van der Waals surface area (Å²) in [5, 5.41) is 37.1. The van der Waals surface area contributed by atoms with Gasteiger partial charge in [0, 0.05) is 0 Å². The number of rotatable bonds is 8. The Hall–Kier alpha value is -3.07. The molecule has 0 aliphatic heterocycles. The Morgan fingerprint density at radius 3 is 2.00 bits per heavy atom. The average Bonchev–Trinajstić information content (AvgIpc) is 2.52. The van der Waals surface area contributed by atoms with Gasteiger partial charge >= 0.3 is 11.9 Å². The highest BCUT2D eigenvalue weighted by molar-refractivity contribution is 6.14. The Balaban J connectivity index is 3.17. The molecule has 1 atom stereocenters. The zero-order valence-corrected chi connectivity index (χ0v) is 12.8. The summed E-state index contributed by atoms with van der Waals surface area (Å²) < 4.78 is 9.85. The summed E-state index contributed by atoms with van der Waals surface area (Å²) in [6, 6.07) is 2.66. The second-order valence-electron chi connectivity index (χ2n) is 4.71. The first kappa shape index (κ1) is 19.0. The van der Waals surface area contributed by atoms with E-state index in [0.717, 1.165) is 12.2 Å². The number of ketones is 1. The van der Waals surface area contributed by atoms with Crippen molar-refractivity contribution >= 4 is 23.8 Å². The minimum Gasteiger partial charge on any atom is -0.502 e. The topological polar surface area (TPSA) is 151 Å². The van der Waals surface area contributed by atoms with Crippen LogP contribution in [0.4, 0.5) is 0 Å². The number of hydrogen-bond donors (Lipinski definition) is 4. The van der Waals surface area contributed by atoms with E-state index >= 15 is 0 Å². The lowest BCUT2D eigenvalue weighted by molar-refractivity contribution is -0.169. The zero-order valence-electron chi connectivity index (χ0n) is 12.8. The molecule has 9 nitrogen and oxygen atoms in total. The van der Waals surface area contributed by atoms with E-state index in [1.54, 1.807) is 0 Å². The lowest BCUT2D eigenvalue weighted by atomic mass is 9.93. The molecule has 0 unspecified atom stereocenters. The Morgan fingerprint density at radius 1 is 1.12 bits per heavy atom. The van der Waals surface area contributed by atoms with Crippen LogP contribution in [0.15, 0.2) is 18.2 Å². The van der Waals surface area contributed by atoms with E-state index in [1.807, 2.05) is 0 Å². The molecule has 0 saturated heterocycles. The molecule has 1 aromatic rings. The van der Waals surface area contributed by atoms with Crippen LogP contribution in [0.5, 0.6) is 17.2 Å². The van der Waals surface area contributed by atoms with E-state index in [4.69, 9.17) is 19.7 Å². The fourth-order valence-corrected chi connectivity index (χ4v) is 1.81. The molecule has 0 bridgehead atoms. The van der Waals surface area contributed by atoms with Gasteiger partial charge in [-0.3, -0.25) is 9.59 Å². The van der Waals surface area contributed by atoms with Crippen LogP contribution in [0.3, 0.4) is 0 Å². The van der Waals surface area contributed by atoms with Crippen LogP contribution in [0, 0.1) is 0 Å². The second-order valence-corrected chi connectivity index (χ2v) is 4.71. The molecule has 0 saturated carbocycles. The van der Waals surface area contributed by atoms with Crippen molar-refractivity contribution in [3.63, 3.8) is 0 Å². The normalized spacial score (nSPS) is 13.3. The predicted molar refractivity (Wildman–Crippen MR) is 80.1 cm³/mol. The molecule has 0 fully saturated rings. The quantitative estimate of drug-likeness (QED) is 0.386. The van der Waals surface area contributed by atoms with Gasteiger partial charge < -0.3 is 29.9 Å². The molecule has 1 rings (SSSR count). The number of carbonyl (C=O) groups is 3. The first-order chi connectivity index (χ1) is 11.2. The van der Waals surface area contributed by atoms with E-state index in [0.29, 0.717) is 0 Å². The number of carboxylic acid groups (broad SMARTS) is 2. The van der Waals surface area contributed by atoms with Crippen molar-refractivity contribution in [3.05, 3.63) is 23.8 Å². The van der Waals surface area contributed by atoms with Gasteiger partial charge in [-0.25, -0.2) is 4.79 Å². The minimum atomic E-state index is -3.08. The van der Waals surface area contributed by atoms with Crippen LogP contribution in [0.25, 0.3) is 6.08 Å². The first-order valence-corrected chi connectivity index (χ1v) is 6.50. The minimum absolute atomic E-state index is 0.0421. The highest BCUT2D eigenvalue weighted by Crippen LogP contribution is 2.37. The van der Waals surface area contributed by atoms with Gasteiger partial charge in [-0.15, -0.1) is 0 Å². The van der Waals surface area contributed by atoms with Crippen LogP contribution in [-0.4, -0.2) is 58.0 Å². The maximum atomic E-state index is 11.9. The number of carbonyl (C=O) groups excluding carboxylic acids is 1. The van der Waals surface area contributed by atoms with Gasteiger partial charge in [0.1, 0.15) is 0 Å². The number of aliphatic hydroxyl groups is 1. The summed E-state index contributed by atoms with van der Waals surface area (Å²) in [4.78, 5) is 33.6. The molecule has 0 aromatic heterocycles. The van der Waals surface area contributed by atoms with Crippen LogP contribution in [0.1, 0.15) is 12.0 Å². The molecule has 9 heteroatoms. The molecule has 0 aliphatic carbocycles. The number of hydrogen-bond acceptors (Lipinski definition) is 7. The number of methoxy groups -OCH3 is 2. The van der Waals surface area contributed by atoms with Crippen molar-refractivity contribution in [2.45, 2.75) is 12.0 Å². The molecule has 0 aliphatic rings. The van der Waals surface area contributed by atoms with Crippen molar-refractivity contribution in [2.24, 2.45) is 0 Å². The highest BCUT2D eigenvalue weighted by atomic mass is 16.5. The van der Waals surface area contributed by atoms with Crippen LogP contribution in [0.2, 0.25) is 0 Å². The molecule has 0 heterocycles. The summed E-state index contributed by atoms with van der Waals surface area (Å²) in [5.41, 5.74) is -2.79. The monoisotopic (exact) mass is 340 g/mol. The predicted octanol–water partition coefficient (Wildman–Crippen LogP) is 0.282. The van der Waals surface area contributed by atoms with Gasteiger partial charge in [0.05, 0.1) is 20.6 Å². The van der Waals surface area contributed by atoms with Crippen molar-refractivity contribution in [2.75, 3.05) is 14.2 Å². The highest BCUT2D eigenvalue weighted by Gasteiger charge is 2.44. The first-order valence-electron chi connectivity index (χ1n) is 6.50. The zero-order chi connectivity index (χ0) is 18.5. The van der Waals surface area contributed by atoms with Crippen molar-refractivity contribution < 1.29 is 44.3 Å². The number of aliphatic carboxylic acids is 2. The van der Waals surface area contributed by atoms with E-state index < -0.39 is 29.7 Å². The van der Waals surface area contributed by atoms with E-state index in [-0.39, 0.29) is 22.8 Å². The maximum Gasteiger partial charge on any atom is 0.344 e. The number of phenols is 1. The number of carboxylic acids is 2. The number of ether oxygens (including phenoxy) is 2. The summed E-state index contributed by atoms with van der Waals surface area (Å²) in [6.45, 7) is 0. The molecule has 1 aromatic carbocycles. The number of benzene rings is 1. The van der Waals surface area contributed by atoms with Crippen LogP contribution >= 0.6 is 0 Å². The van der Waals surface area contributed by atoms with Crippen LogP contribution < -0.4 is 9.47 Å². The van der Waals surface area contributed by atoms with Gasteiger partial charge in [0.25, 0.3) is 0 Å². The fraction of sp³-hybridized carbons (Fsp3) is 0.267. The average molecular weight is 340 g/mol. The molecule has 0 amide bonds. The van der Waals surface area contributed by atoms with E-state index in [9.17, 15) is 24.6 Å². The van der Waals surface area contributed by atoms with Crippen molar-refractivity contribution in [1.82, 2.24) is 0 Å². The third kappa shape index (κ3) is 4.02. The Bertz CT molecular complexity index is 667. The molecule has 0 radical (unpaired) electrons. The number of aromatic hydroxyl groups is 1. The molecule has 4 N–H and O–H groups in total. The number of phenolic OH excluding ortho intramolecular Hbond substituents is 1. The molecule has 24 heavy (non-hydrogen) atoms. The van der Waals surface area contributed by atoms with Crippen LogP contribution in [-0.2, 0) is 14.4 Å². The summed E-state index contributed by atoms with van der Waals surface area (Å²) in [6.07, 6.45) is 0.568. The second kappa shape index (κ2) is 7.47. The third-order valence-electron chi connectivity index (χ3n) is 3.10. The SMILES string of the molecule is COc1cc(C=CC(=O)[C@@](O)(CC(=O)O)C(=O)O)cc(OC)c1O. The fourth-order valence-electron chi connectivity index (χ4n) is 1.81. The Morgan fingerprint density at radius 2 is 1.62 bits per heavy atom. The van der Waals surface area contributed by atoms with Gasteiger partial charge in [0.15, 0.2) is 17.3 Å². The van der Waals surface area contributed by atoms with Crippen molar-refractivity contribution in [1.29, 1.82) is 0 Å². The van der Waals surface area contributed by atoms with Crippen molar-refractivity contribution in [3.8, 4) is 17.2 Å². The summed E-state index contributed by atoms with van der Waals surface area (Å²) in [7, 11) is 2.59. The van der Waals surface area contributed by atoms with Gasteiger partial charge in [-0.1, -0.05) is 6.08 Å². The van der Waals surface area contributed by atoms with Gasteiger partial charge in [-0.05, 0) is 23.8 Å².